The van der Waals surface area contributed by atoms with Crippen LogP contribution in [0.25, 0.3) is 0 Å². The van der Waals surface area contributed by atoms with Gasteiger partial charge in [-0.3, -0.25) is 0 Å². The van der Waals surface area contributed by atoms with E-state index < -0.39 is 0 Å². The van der Waals surface area contributed by atoms with Crippen LogP contribution in [0.2, 0.25) is 0 Å². The highest BCUT2D eigenvalue weighted by Gasteiger charge is 1.90. The molecule has 0 saturated carbocycles. The van der Waals surface area contributed by atoms with Crippen molar-refractivity contribution in [3.05, 3.63) is 28.7 Å². The zero-order chi connectivity index (χ0) is 7.94. The Kier molecular flexibility index (Phi) is 3.86. The fourth-order valence-electron chi connectivity index (χ4n) is 0.721. The van der Waals surface area contributed by atoms with Crippen LogP contribution in [-0.4, -0.2) is 11.5 Å². The van der Waals surface area contributed by atoms with Crippen LogP contribution in [0.15, 0.2) is 23.7 Å². The van der Waals surface area contributed by atoms with Gasteiger partial charge in [0.25, 0.3) is 0 Å². The Morgan fingerprint density at radius 3 is 3.27 bits per heavy atom. The van der Waals surface area contributed by atoms with Crippen molar-refractivity contribution in [2.24, 2.45) is 0 Å². The third-order valence-electron chi connectivity index (χ3n) is 1.26. The number of hydrogen-bond acceptors (Lipinski definition) is 3. The number of rotatable bonds is 4. The van der Waals surface area contributed by atoms with Crippen molar-refractivity contribution in [2.45, 2.75) is 13.5 Å². The topological polar surface area (TPSA) is 24.9 Å². The molecule has 1 heterocycles. The van der Waals surface area contributed by atoms with Crippen molar-refractivity contribution in [2.75, 3.05) is 6.54 Å². The quantitative estimate of drug-likeness (QED) is 0.548. The molecule has 2 nitrogen and oxygen atoms in total. The lowest BCUT2D eigenvalue weighted by atomic mass is 10.5. The first-order valence-corrected chi connectivity index (χ1v) is 4.51. The monoisotopic (exact) mass is 168 g/mol. The molecule has 1 aromatic rings. The van der Waals surface area contributed by atoms with E-state index in [2.05, 4.69) is 16.4 Å². The molecule has 1 N–H and O–H groups in total. The number of nitrogens with zero attached hydrogens (tertiary/aromatic N) is 1. The summed E-state index contributed by atoms with van der Waals surface area (Å²) in [6, 6.07) is 0. The number of aromatic nitrogens is 1. The summed E-state index contributed by atoms with van der Waals surface area (Å²) in [6.07, 6.45) is 5.96. The molecule has 0 bridgehead atoms. The molecule has 1 rings (SSSR count). The molecule has 0 amide bonds. The maximum Gasteiger partial charge on any atom is 0.106 e. The van der Waals surface area contributed by atoms with Crippen LogP contribution in [0.1, 0.15) is 11.9 Å². The van der Waals surface area contributed by atoms with Crippen molar-refractivity contribution >= 4 is 11.3 Å². The Morgan fingerprint density at radius 1 is 1.73 bits per heavy atom. The van der Waals surface area contributed by atoms with Gasteiger partial charge in [0, 0.05) is 24.7 Å². The summed E-state index contributed by atoms with van der Waals surface area (Å²) in [4.78, 5) is 4.15. The Balaban J connectivity index is 2.14. The summed E-state index contributed by atoms with van der Waals surface area (Å²) in [5.74, 6) is 0. The molecule has 0 radical (unpaired) electrons. The second kappa shape index (κ2) is 5.04. The smallest absolute Gasteiger partial charge is 0.106 e. The standard InChI is InChI=1S/C8H12N2S/c1-2-3-4-9-7-8-10-5-6-11-8/h2-3,5-6,9H,4,7H2,1H3/b3-2+. The number of nitrogens with one attached hydrogen (secondary N) is 1. The van der Waals surface area contributed by atoms with Gasteiger partial charge in [-0.2, -0.15) is 0 Å². The van der Waals surface area contributed by atoms with Gasteiger partial charge >= 0.3 is 0 Å². The molecule has 0 unspecified atom stereocenters. The number of allylic oxidation sites excluding steroid dienone is 1. The summed E-state index contributed by atoms with van der Waals surface area (Å²) in [5.41, 5.74) is 0. The maximum absolute atomic E-state index is 4.15. The highest BCUT2D eigenvalue weighted by atomic mass is 32.1. The average Bonchev–Trinajstić information content (AvgIpc) is 2.50. The van der Waals surface area contributed by atoms with Gasteiger partial charge in [-0.1, -0.05) is 12.2 Å². The van der Waals surface area contributed by atoms with Crippen LogP contribution < -0.4 is 5.32 Å². The Labute approximate surface area is 71.0 Å². The predicted octanol–water partition coefficient (Wildman–Crippen LogP) is 1.81. The molecule has 0 spiro atoms. The van der Waals surface area contributed by atoms with Crippen molar-refractivity contribution in [3.63, 3.8) is 0 Å². The minimum absolute atomic E-state index is 0.877. The molecule has 0 saturated heterocycles. The van der Waals surface area contributed by atoms with Crippen LogP contribution >= 0.6 is 11.3 Å². The van der Waals surface area contributed by atoms with Crippen molar-refractivity contribution in [1.29, 1.82) is 0 Å². The molecular formula is C8H12N2S. The van der Waals surface area contributed by atoms with E-state index in [1.165, 1.54) is 0 Å². The lowest BCUT2D eigenvalue weighted by Gasteiger charge is -1.95. The second-order valence-electron chi connectivity index (χ2n) is 2.13. The zero-order valence-electron chi connectivity index (χ0n) is 6.58. The Bertz CT molecular complexity index is 204. The third-order valence-corrected chi connectivity index (χ3v) is 2.04. The van der Waals surface area contributed by atoms with E-state index in [0.717, 1.165) is 18.1 Å². The van der Waals surface area contributed by atoms with E-state index in [1.54, 1.807) is 11.3 Å². The molecule has 0 aliphatic heterocycles. The van der Waals surface area contributed by atoms with Crippen molar-refractivity contribution in [3.8, 4) is 0 Å². The Morgan fingerprint density at radius 2 is 2.64 bits per heavy atom. The summed E-state index contributed by atoms with van der Waals surface area (Å²) >= 11 is 1.68. The fourth-order valence-corrected chi connectivity index (χ4v) is 1.31. The van der Waals surface area contributed by atoms with Gasteiger partial charge in [-0.15, -0.1) is 11.3 Å². The van der Waals surface area contributed by atoms with Gasteiger partial charge in [0.05, 0.1) is 0 Å². The van der Waals surface area contributed by atoms with E-state index in [0.29, 0.717) is 0 Å². The summed E-state index contributed by atoms with van der Waals surface area (Å²) in [6.45, 7) is 3.82. The SMILES string of the molecule is C/C=C/CNCc1nccs1. The average molecular weight is 168 g/mol. The van der Waals surface area contributed by atoms with E-state index in [9.17, 15) is 0 Å². The summed E-state index contributed by atoms with van der Waals surface area (Å²) < 4.78 is 0. The van der Waals surface area contributed by atoms with Gasteiger partial charge in [-0.05, 0) is 6.92 Å². The van der Waals surface area contributed by atoms with E-state index in [1.807, 2.05) is 24.6 Å². The molecule has 0 aliphatic carbocycles. The molecule has 60 valence electrons. The highest BCUT2D eigenvalue weighted by molar-refractivity contribution is 7.09. The molecule has 0 aromatic carbocycles. The number of hydrogen-bond donors (Lipinski definition) is 1. The van der Waals surface area contributed by atoms with Crippen LogP contribution in [0, 0.1) is 0 Å². The zero-order valence-corrected chi connectivity index (χ0v) is 7.40. The minimum atomic E-state index is 0.877. The van der Waals surface area contributed by atoms with Gasteiger partial charge < -0.3 is 5.32 Å². The van der Waals surface area contributed by atoms with Crippen molar-refractivity contribution < 1.29 is 0 Å². The number of thiazole rings is 1. The van der Waals surface area contributed by atoms with Gasteiger partial charge in [0.15, 0.2) is 0 Å². The second-order valence-corrected chi connectivity index (χ2v) is 3.10. The minimum Gasteiger partial charge on any atom is -0.307 e. The molecule has 11 heavy (non-hydrogen) atoms. The lowest BCUT2D eigenvalue weighted by Crippen LogP contribution is -2.12. The van der Waals surface area contributed by atoms with Crippen LogP contribution in [0.5, 0.6) is 0 Å². The normalized spacial score (nSPS) is 11.0. The summed E-state index contributed by atoms with van der Waals surface area (Å²) in [7, 11) is 0. The summed E-state index contributed by atoms with van der Waals surface area (Å²) in [5, 5.41) is 6.39. The molecule has 1 aromatic heterocycles. The molecule has 0 fully saturated rings. The first-order valence-electron chi connectivity index (χ1n) is 3.63. The largest absolute Gasteiger partial charge is 0.307 e. The van der Waals surface area contributed by atoms with Crippen LogP contribution in [0.4, 0.5) is 0 Å². The fraction of sp³-hybridized carbons (Fsp3) is 0.375. The molecule has 0 atom stereocenters. The molecular weight excluding hydrogens is 156 g/mol. The highest BCUT2D eigenvalue weighted by Crippen LogP contribution is 2.01. The van der Waals surface area contributed by atoms with Gasteiger partial charge in [0.1, 0.15) is 5.01 Å². The first-order chi connectivity index (χ1) is 5.43. The van der Waals surface area contributed by atoms with E-state index >= 15 is 0 Å². The van der Waals surface area contributed by atoms with Crippen molar-refractivity contribution in [1.82, 2.24) is 10.3 Å². The van der Waals surface area contributed by atoms with E-state index in [-0.39, 0.29) is 0 Å². The van der Waals surface area contributed by atoms with Crippen LogP contribution in [-0.2, 0) is 6.54 Å². The molecule has 0 aliphatic rings. The van der Waals surface area contributed by atoms with E-state index in [4.69, 9.17) is 0 Å². The predicted molar refractivity (Wildman–Crippen MR) is 48.6 cm³/mol. The van der Waals surface area contributed by atoms with Crippen LogP contribution in [0.3, 0.4) is 0 Å². The first kappa shape index (κ1) is 8.43. The van der Waals surface area contributed by atoms with Gasteiger partial charge in [-0.25, -0.2) is 4.98 Å². The molecule has 3 heteroatoms. The third kappa shape index (κ3) is 3.30. The van der Waals surface area contributed by atoms with Gasteiger partial charge in [0.2, 0.25) is 0 Å². The lowest BCUT2D eigenvalue weighted by molar-refractivity contribution is 0.754. The maximum atomic E-state index is 4.15. The Hall–Kier alpha value is -0.670.